The highest BCUT2D eigenvalue weighted by atomic mass is 16.5. The first-order chi connectivity index (χ1) is 13.4. The van der Waals surface area contributed by atoms with Gasteiger partial charge in [0.25, 0.3) is 0 Å². The zero-order valence-electron chi connectivity index (χ0n) is 16.9. The van der Waals surface area contributed by atoms with Crippen LogP contribution in [0, 0.1) is 5.41 Å². The molecule has 2 atom stereocenters. The Morgan fingerprint density at radius 2 is 1.64 bits per heavy atom. The molecule has 0 fully saturated rings. The largest absolute Gasteiger partial charge is 0.468 e. The molecule has 0 unspecified atom stereocenters. The van der Waals surface area contributed by atoms with Gasteiger partial charge in [0.15, 0.2) is 5.78 Å². The summed E-state index contributed by atoms with van der Waals surface area (Å²) in [6.45, 7) is 5.59. The van der Waals surface area contributed by atoms with Gasteiger partial charge < -0.3 is 4.74 Å². The minimum absolute atomic E-state index is 0.145. The highest BCUT2D eigenvalue weighted by Crippen LogP contribution is 2.51. The van der Waals surface area contributed by atoms with Crippen molar-refractivity contribution in [2.45, 2.75) is 33.1 Å². The Labute approximate surface area is 166 Å². The molecule has 1 aliphatic carbocycles. The third-order valence-corrected chi connectivity index (χ3v) is 5.74. The zero-order valence-corrected chi connectivity index (χ0v) is 16.9. The molecule has 0 aromatic heterocycles. The van der Waals surface area contributed by atoms with Gasteiger partial charge in [-0.1, -0.05) is 79.2 Å². The lowest BCUT2D eigenvalue weighted by Crippen LogP contribution is -2.45. The molecular weight excluding hydrogens is 348 g/mol. The summed E-state index contributed by atoms with van der Waals surface area (Å²) in [4.78, 5) is 26.3. The van der Waals surface area contributed by atoms with Gasteiger partial charge >= 0.3 is 5.97 Å². The predicted octanol–water partition coefficient (Wildman–Crippen LogP) is 5.34. The number of rotatable bonds is 4. The summed E-state index contributed by atoms with van der Waals surface area (Å²) in [6.07, 6.45) is 2.72. The summed E-state index contributed by atoms with van der Waals surface area (Å²) < 4.78 is 5.11. The summed E-state index contributed by atoms with van der Waals surface area (Å²) in [5, 5.41) is 0. The second-order valence-corrected chi connectivity index (χ2v) is 7.30. The maximum Gasteiger partial charge on any atom is 0.323 e. The van der Waals surface area contributed by atoms with Gasteiger partial charge in [-0.25, -0.2) is 0 Å². The second-order valence-electron chi connectivity index (χ2n) is 7.30. The molecule has 0 aliphatic heterocycles. The number of carbonyl (C=O) groups is 2. The third kappa shape index (κ3) is 3.22. The van der Waals surface area contributed by atoms with Crippen LogP contribution < -0.4 is 0 Å². The molecule has 3 rings (SSSR count). The van der Waals surface area contributed by atoms with Crippen molar-refractivity contribution >= 4 is 17.8 Å². The van der Waals surface area contributed by atoms with Gasteiger partial charge in [0.05, 0.1) is 7.11 Å². The number of hydrogen-bond acceptors (Lipinski definition) is 3. The van der Waals surface area contributed by atoms with Crippen LogP contribution in [0.25, 0.3) is 6.08 Å². The molecular formula is C25H26O3. The molecule has 0 bridgehead atoms. The molecule has 2 aromatic rings. The van der Waals surface area contributed by atoms with Crippen LogP contribution in [0.3, 0.4) is 0 Å². The lowest BCUT2D eigenvalue weighted by atomic mass is 9.61. The Morgan fingerprint density at radius 3 is 2.18 bits per heavy atom. The maximum atomic E-state index is 13.4. The molecule has 0 saturated heterocycles. The number of ether oxygens (including phenoxy) is 1. The number of allylic oxidation sites excluding steroid dienone is 2. The maximum absolute atomic E-state index is 13.4. The van der Waals surface area contributed by atoms with E-state index in [4.69, 9.17) is 4.74 Å². The number of Topliss-reactive ketones (excluding diaryl/α,β-unsaturated/α-hetero) is 1. The standard InChI is InChI=1S/C25H26O3/c1-5-20-17(2)23(26)25(3,24(27)28-4)21(16-18-12-8-6-9-13-18)22(20)19-14-10-7-11-15-19/h6-16,22H,5H2,1-4H3/b21-16-/t22-,25+/m0/s1. The summed E-state index contributed by atoms with van der Waals surface area (Å²) >= 11 is 0. The summed E-state index contributed by atoms with van der Waals surface area (Å²) in [5.41, 5.74) is 3.16. The van der Waals surface area contributed by atoms with Gasteiger partial charge in [-0.05, 0) is 42.5 Å². The lowest BCUT2D eigenvalue weighted by Gasteiger charge is -2.40. The fourth-order valence-electron chi connectivity index (χ4n) is 4.21. The van der Waals surface area contributed by atoms with Crippen molar-refractivity contribution in [3.8, 4) is 0 Å². The van der Waals surface area contributed by atoms with Crippen LogP contribution in [-0.4, -0.2) is 18.9 Å². The van der Waals surface area contributed by atoms with Crippen LogP contribution in [0.5, 0.6) is 0 Å². The van der Waals surface area contributed by atoms with Crippen molar-refractivity contribution in [3.05, 3.63) is 88.5 Å². The Morgan fingerprint density at radius 1 is 1.07 bits per heavy atom. The molecule has 28 heavy (non-hydrogen) atoms. The molecule has 2 aromatic carbocycles. The van der Waals surface area contributed by atoms with Gasteiger partial charge in [0.2, 0.25) is 0 Å². The predicted molar refractivity (Wildman–Crippen MR) is 112 cm³/mol. The normalized spacial score (nSPS) is 23.8. The van der Waals surface area contributed by atoms with Crippen LogP contribution in [0.1, 0.15) is 44.2 Å². The van der Waals surface area contributed by atoms with E-state index in [1.54, 1.807) is 6.92 Å². The topological polar surface area (TPSA) is 43.4 Å². The van der Waals surface area contributed by atoms with Gasteiger partial charge in [0.1, 0.15) is 5.41 Å². The van der Waals surface area contributed by atoms with Crippen LogP contribution in [0.15, 0.2) is 77.4 Å². The molecule has 0 amide bonds. The van der Waals surface area contributed by atoms with Crippen molar-refractivity contribution in [2.75, 3.05) is 7.11 Å². The molecule has 1 aliphatic rings. The van der Waals surface area contributed by atoms with E-state index in [9.17, 15) is 9.59 Å². The number of hydrogen-bond donors (Lipinski definition) is 0. The van der Waals surface area contributed by atoms with Crippen LogP contribution in [0.4, 0.5) is 0 Å². The first kappa shape index (κ1) is 19.8. The Kier molecular flexibility index (Phi) is 5.64. The minimum atomic E-state index is -1.35. The number of methoxy groups -OCH3 is 1. The van der Waals surface area contributed by atoms with Crippen molar-refractivity contribution in [1.29, 1.82) is 0 Å². The van der Waals surface area contributed by atoms with E-state index in [2.05, 4.69) is 19.1 Å². The Balaban J connectivity index is 2.36. The lowest BCUT2D eigenvalue weighted by molar-refractivity contribution is -0.153. The van der Waals surface area contributed by atoms with Gasteiger partial charge in [-0.2, -0.15) is 0 Å². The molecule has 0 N–H and O–H groups in total. The van der Waals surface area contributed by atoms with Crippen molar-refractivity contribution in [3.63, 3.8) is 0 Å². The average Bonchev–Trinajstić information content (AvgIpc) is 2.74. The van der Waals surface area contributed by atoms with E-state index in [1.165, 1.54) is 7.11 Å². The molecule has 0 radical (unpaired) electrons. The van der Waals surface area contributed by atoms with Crippen LogP contribution in [-0.2, 0) is 14.3 Å². The monoisotopic (exact) mass is 374 g/mol. The van der Waals surface area contributed by atoms with Gasteiger partial charge in [-0.3, -0.25) is 9.59 Å². The van der Waals surface area contributed by atoms with E-state index in [0.29, 0.717) is 5.57 Å². The number of benzene rings is 2. The summed E-state index contributed by atoms with van der Waals surface area (Å²) in [6, 6.07) is 19.9. The number of esters is 1. The molecule has 3 heteroatoms. The van der Waals surface area contributed by atoms with E-state index in [0.717, 1.165) is 28.7 Å². The SMILES string of the molecule is CCC1=C(C)C(=O)[C@](C)(C(=O)OC)/C(=C\c2ccccc2)[C@H]1c1ccccc1. The fourth-order valence-corrected chi connectivity index (χ4v) is 4.21. The Hall–Kier alpha value is -2.94. The van der Waals surface area contributed by atoms with Crippen LogP contribution in [0.2, 0.25) is 0 Å². The summed E-state index contributed by atoms with van der Waals surface area (Å²) in [7, 11) is 1.34. The first-order valence-electron chi connectivity index (χ1n) is 9.60. The first-order valence-corrected chi connectivity index (χ1v) is 9.60. The zero-order chi connectivity index (χ0) is 20.3. The van der Waals surface area contributed by atoms with Gasteiger partial charge in [0, 0.05) is 5.92 Å². The van der Waals surface area contributed by atoms with E-state index in [1.807, 2.05) is 61.5 Å². The summed E-state index contributed by atoms with van der Waals surface area (Å²) in [5.74, 6) is -0.839. The molecule has 3 nitrogen and oxygen atoms in total. The highest BCUT2D eigenvalue weighted by molar-refractivity contribution is 6.17. The Bertz CT molecular complexity index is 938. The van der Waals surface area contributed by atoms with Crippen LogP contribution >= 0.6 is 0 Å². The quantitative estimate of drug-likeness (QED) is 0.536. The number of carbonyl (C=O) groups excluding carboxylic acids is 2. The van der Waals surface area contributed by atoms with Crippen molar-refractivity contribution in [2.24, 2.45) is 5.41 Å². The fraction of sp³-hybridized carbons (Fsp3) is 0.280. The van der Waals surface area contributed by atoms with Gasteiger partial charge in [-0.15, -0.1) is 0 Å². The third-order valence-electron chi connectivity index (χ3n) is 5.74. The molecule has 0 heterocycles. The average molecular weight is 374 g/mol. The van der Waals surface area contributed by atoms with E-state index in [-0.39, 0.29) is 11.7 Å². The number of ketones is 1. The molecule has 0 spiro atoms. The smallest absolute Gasteiger partial charge is 0.323 e. The highest BCUT2D eigenvalue weighted by Gasteiger charge is 2.52. The van der Waals surface area contributed by atoms with Crippen molar-refractivity contribution < 1.29 is 14.3 Å². The van der Waals surface area contributed by atoms with E-state index < -0.39 is 11.4 Å². The van der Waals surface area contributed by atoms with E-state index >= 15 is 0 Å². The second kappa shape index (κ2) is 7.97. The molecule has 144 valence electrons. The minimum Gasteiger partial charge on any atom is -0.468 e. The van der Waals surface area contributed by atoms with Crippen molar-refractivity contribution in [1.82, 2.24) is 0 Å². The molecule has 0 saturated carbocycles.